The minimum absolute atomic E-state index is 0.837. The molecule has 0 unspecified atom stereocenters. The third-order valence-electron chi connectivity index (χ3n) is 2.05. The van der Waals surface area contributed by atoms with E-state index in [2.05, 4.69) is 33.5 Å². The minimum Gasteiger partial charge on any atom is -0.383 e. The fourth-order valence-corrected chi connectivity index (χ4v) is 1.91. The molecule has 0 saturated carbocycles. The van der Waals surface area contributed by atoms with Crippen LogP contribution in [0.5, 0.6) is 0 Å². The smallest absolute Gasteiger partial charge is 0.0882 e. The van der Waals surface area contributed by atoms with Crippen LogP contribution in [-0.4, -0.2) is 18.1 Å². The number of hydrogen-bond donors (Lipinski definition) is 2. The highest BCUT2D eigenvalue weighted by atomic mass is 32.1. The lowest BCUT2D eigenvalue weighted by Gasteiger charge is -2.06. The quantitative estimate of drug-likeness (QED) is 0.752. The predicted octanol–water partition coefficient (Wildman–Crippen LogP) is 2.87. The van der Waals surface area contributed by atoms with Gasteiger partial charge in [-0.25, -0.2) is 0 Å². The zero-order valence-electron chi connectivity index (χ0n) is 8.89. The number of aromatic nitrogens is 1. The normalized spacial score (nSPS) is 10.0. The first kappa shape index (κ1) is 11.0. The first-order valence-corrected chi connectivity index (χ1v) is 6.06. The van der Waals surface area contributed by atoms with E-state index in [-0.39, 0.29) is 0 Å². The van der Waals surface area contributed by atoms with E-state index in [0.29, 0.717) is 0 Å². The molecule has 0 aliphatic rings. The molecule has 3 nitrogen and oxygen atoms in total. The van der Waals surface area contributed by atoms with Crippen LogP contribution in [0.1, 0.15) is 0 Å². The van der Waals surface area contributed by atoms with Crippen molar-refractivity contribution in [3.05, 3.63) is 48.5 Å². The highest BCUT2D eigenvalue weighted by molar-refractivity contribution is 7.14. The van der Waals surface area contributed by atoms with Crippen molar-refractivity contribution in [3.8, 4) is 0 Å². The van der Waals surface area contributed by atoms with Crippen LogP contribution in [0.3, 0.4) is 0 Å². The lowest BCUT2D eigenvalue weighted by atomic mass is 10.3. The Kier molecular flexibility index (Phi) is 4.19. The number of thiophene rings is 1. The van der Waals surface area contributed by atoms with Gasteiger partial charge in [-0.3, -0.25) is 4.98 Å². The summed E-state index contributed by atoms with van der Waals surface area (Å²) in [5.41, 5.74) is 1.05. The highest BCUT2D eigenvalue weighted by Gasteiger charge is 1.93. The molecule has 0 fully saturated rings. The van der Waals surface area contributed by atoms with Gasteiger partial charge in [-0.1, -0.05) is 0 Å². The van der Waals surface area contributed by atoms with Crippen molar-refractivity contribution in [2.24, 2.45) is 0 Å². The molecule has 83 valence electrons. The summed E-state index contributed by atoms with van der Waals surface area (Å²) in [4.78, 5) is 4.03. The summed E-state index contributed by atoms with van der Waals surface area (Å²) in [6.07, 6.45) is 5.75. The zero-order valence-corrected chi connectivity index (χ0v) is 9.70. The van der Waals surface area contributed by atoms with Crippen LogP contribution >= 0.6 is 11.3 Å². The lowest BCUT2D eigenvalue weighted by molar-refractivity contribution is 1.12. The van der Waals surface area contributed by atoms with Crippen LogP contribution in [0, 0.1) is 6.42 Å². The Bertz CT molecular complexity index is 386. The van der Waals surface area contributed by atoms with Crippen LogP contribution < -0.4 is 10.6 Å². The van der Waals surface area contributed by atoms with Gasteiger partial charge in [-0.05, 0) is 36.1 Å². The van der Waals surface area contributed by atoms with Crippen molar-refractivity contribution in [1.82, 2.24) is 4.98 Å². The van der Waals surface area contributed by atoms with Crippen molar-refractivity contribution in [3.63, 3.8) is 0 Å². The Labute approximate surface area is 99.5 Å². The second-order valence-corrected chi connectivity index (χ2v) is 4.22. The van der Waals surface area contributed by atoms with Gasteiger partial charge in [0.05, 0.1) is 10.7 Å². The van der Waals surface area contributed by atoms with E-state index >= 15 is 0 Å². The van der Waals surface area contributed by atoms with Gasteiger partial charge in [0, 0.05) is 25.5 Å². The van der Waals surface area contributed by atoms with Gasteiger partial charge < -0.3 is 10.6 Å². The summed E-state index contributed by atoms with van der Waals surface area (Å²) >= 11 is 1.72. The summed E-state index contributed by atoms with van der Waals surface area (Å²) in [5.74, 6) is 0. The number of nitrogens with zero attached hydrogens (tertiary/aromatic N) is 1. The molecule has 4 heteroatoms. The molecular formula is C12H14N3S. The second-order valence-electron chi connectivity index (χ2n) is 3.27. The molecule has 0 atom stereocenters. The standard InChI is InChI=1S/C12H14N3S/c1-4-11(10-13-6-1)14-7-3-8-15-12-5-2-9-16-12/h1-6,9-10,14-15H,7-8H2. The van der Waals surface area contributed by atoms with Gasteiger partial charge in [0.1, 0.15) is 0 Å². The van der Waals surface area contributed by atoms with Gasteiger partial charge in [0.2, 0.25) is 0 Å². The molecule has 0 saturated heterocycles. The summed E-state index contributed by atoms with van der Waals surface area (Å²) < 4.78 is 0. The largest absolute Gasteiger partial charge is 0.383 e. The van der Waals surface area contributed by atoms with Gasteiger partial charge in [0.25, 0.3) is 0 Å². The Morgan fingerprint density at radius 3 is 2.88 bits per heavy atom. The summed E-state index contributed by atoms with van der Waals surface area (Å²) in [6, 6.07) is 8.05. The fourth-order valence-electron chi connectivity index (χ4n) is 1.28. The Balaban J connectivity index is 1.59. The summed E-state index contributed by atoms with van der Waals surface area (Å²) in [5, 5.41) is 9.86. The molecule has 0 spiro atoms. The Morgan fingerprint density at radius 1 is 1.19 bits per heavy atom. The molecule has 0 aliphatic carbocycles. The number of nitrogens with one attached hydrogen (secondary N) is 2. The SMILES string of the molecule is [CH](CNc1cccnc1)CNc1cccs1. The number of pyridine rings is 1. The van der Waals surface area contributed by atoms with Crippen LogP contribution in [0.25, 0.3) is 0 Å². The molecule has 2 rings (SSSR count). The molecular weight excluding hydrogens is 218 g/mol. The van der Waals surface area contributed by atoms with E-state index in [1.54, 1.807) is 17.5 Å². The van der Waals surface area contributed by atoms with E-state index in [0.717, 1.165) is 18.8 Å². The van der Waals surface area contributed by atoms with Crippen molar-refractivity contribution < 1.29 is 0 Å². The highest BCUT2D eigenvalue weighted by Crippen LogP contribution is 2.14. The molecule has 16 heavy (non-hydrogen) atoms. The molecule has 2 heterocycles. The topological polar surface area (TPSA) is 37.0 Å². The second kappa shape index (κ2) is 6.12. The first-order chi connectivity index (χ1) is 7.95. The van der Waals surface area contributed by atoms with E-state index in [1.165, 1.54) is 5.00 Å². The molecule has 0 aliphatic heterocycles. The molecule has 0 amide bonds. The van der Waals surface area contributed by atoms with Crippen LogP contribution in [0.15, 0.2) is 42.0 Å². The maximum Gasteiger partial charge on any atom is 0.0882 e. The Hall–Kier alpha value is -1.55. The maximum absolute atomic E-state index is 4.03. The molecule has 2 aromatic heterocycles. The molecule has 2 aromatic rings. The average Bonchev–Trinajstić information content (AvgIpc) is 2.83. The lowest BCUT2D eigenvalue weighted by Crippen LogP contribution is -2.09. The molecule has 2 N–H and O–H groups in total. The van der Waals surface area contributed by atoms with Crippen LogP contribution in [-0.2, 0) is 0 Å². The Morgan fingerprint density at radius 2 is 2.12 bits per heavy atom. The van der Waals surface area contributed by atoms with E-state index < -0.39 is 0 Å². The third kappa shape index (κ3) is 3.55. The molecule has 0 bridgehead atoms. The fraction of sp³-hybridized carbons (Fsp3) is 0.167. The first-order valence-electron chi connectivity index (χ1n) is 5.18. The number of anilines is 2. The average molecular weight is 232 g/mol. The third-order valence-corrected chi connectivity index (χ3v) is 2.88. The summed E-state index contributed by atoms with van der Waals surface area (Å²) in [6.45, 7) is 1.71. The van der Waals surface area contributed by atoms with E-state index in [4.69, 9.17) is 0 Å². The van der Waals surface area contributed by atoms with Gasteiger partial charge in [-0.2, -0.15) is 0 Å². The van der Waals surface area contributed by atoms with E-state index in [1.807, 2.05) is 24.4 Å². The van der Waals surface area contributed by atoms with Crippen molar-refractivity contribution in [1.29, 1.82) is 0 Å². The van der Waals surface area contributed by atoms with Crippen molar-refractivity contribution in [2.45, 2.75) is 0 Å². The van der Waals surface area contributed by atoms with Crippen molar-refractivity contribution >= 4 is 22.0 Å². The van der Waals surface area contributed by atoms with Crippen LogP contribution in [0.2, 0.25) is 0 Å². The van der Waals surface area contributed by atoms with Gasteiger partial charge >= 0.3 is 0 Å². The predicted molar refractivity (Wildman–Crippen MR) is 69.8 cm³/mol. The number of hydrogen-bond acceptors (Lipinski definition) is 4. The van der Waals surface area contributed by atoms with Crippen LogP contribution in [0.4, 0.5) is 10.7 Å². The van der Waals surface area contributed by atoms with Gasteiger partial charge in [0.15, 0.2) is 0 Å². The zero-order chi connectivity index (χ0) is 11.1. The monoisotopic (exact) mass is 232 g/mol. The maximum atomic E-state index is 4.03. The molecule has 1 radical (unpaired) electrons. The van der Waals surface area contributed by atoms with E-state index in [9.17, 15) is 0 Å². The number of rotatable bonds is 6. The minimum atomic E-state index is 0.837. The summed E-state index contributed by atoms with van der Waals surface area (Å²) in [7, 11) is 0. The van der Waals surface area contributed by atoms with Gasteiger partial charge in [-0.15, -0.1) is 11.3 Å². The van der Waals surface area contributed by atoms with Crippen molar-refractivity contribution in [2.75, 3.05) is 23.7 Å². The molecule has 0 aromatic carbocycles.